The van der Waals surface area contributed by atoms with Gasteiger partial charge in [-0.25, -0.2) is 4.31 Å². The molecule has 0 amide bonds. The zero-order chi connectivity index (χ0) is 16.3. The van der Waals surface area contributed by atoms with Crippen molar-refractivity contribution in [1.29, 1.82) is 0 Å². The molecule has 3 N–H and O–H groups in total. The van der Waals surface area contributed by atoms with Gasteiger partial charge in [-0.1, -0.05) is 48.0 Å². The molecule has 0 aromatic heterocycles. The first-order valence-corrected chi connectivity index (χ1v) is 9.30. The van der Waals surface area contributed by atoms with Gasteiger partial charge in [-0.2, -0.15) is 0 Å². The van der Waals surface area contributed by atoms with Gasteiger partial charge in [0.15, 0.2) is 0 Å². The molecule has 1 unspecified atom stereocenters. The van der Waals surface area contributed by atoms with E-state index in [9.17, 15) is 9.11 Å². The largest absolute Gasteiger partial charge is 0.466 e. The molecule has 2 aromatic carbocycles. The van der Waals surface area contributed by atoms with Crippen LogP contribution in [-0.4, -0.2) is 27.6 Å². The highest BCUT2D eigenvalue weighted by Gasteiger charge is 2.40. The Hall–Kier alpha value is -1.73. The second-order valence-electron chi connectivity index (χ2n) is 5.35. The third kappa shape index (κ3) is 3.16. The minimum absolute atomic E-state index is 0.522. The van der Waals surface area contributed by atoms with Crippen LogP contribution in [0.3, 0.4) is 0 Å². The Bertz CT molecular complexity index is 651. The highest BCUT2D eigenvalue weighted by atomic mass is 32.3. The highest BCUT2D eigenvalue weighted by molar-refractivity contribution is 8.26. The van der Waals surface area contributed by atoms with E-state index in [4.69, 9.17) is 4.74 Å². The monoisotopic (exact) mass is 334 g/mol. The van der Waals surface area contributed by atoms with Gasteiger partial charge in [-0.15, -0.1) is 0 Å². The number of benzene rings is 2. The van der Waals surface area contributed by atoms with Crippen molar-refractivity contribution in [2.75, 3.05) is 17.4 Å². The van der Waals surface area contributed by atoms with E-state index in [1.165, 1.54) is 0 Å². The standard InChI is InChI=1S/C17H22N2O3S/c1-2-18-13-12-17-22-16-11-7-6-10-15(16)19(23(17,20)21)14-8-4-3-5-9-14/h3-11,17-18,20-21H,2,12-13H2,1H3. The van der Waals surface area contributed by atoms with Crippen LogP contribution in [0.25, 0.3) is 0 Å². The molecule has 1 aliphatic rings. The molecule has 0 aliphatic carbocycles. The van der Waals surface area contributed by atoms with Crippen LogP contribution in [0.5, 0.6) is 5.75 Å². The van der Waals surface area contributed by atoms with Crippen LogP contribution < -0.4 is 14.4 Å². The molecule has 0 spiro atoms. The van der Waals surface area contributed by atoms with Crippen molar-refractivity contribution in [3.63, 3.8) is 0 Å². The van der Waals surface area contributed by atoms with Gasteiger partial charge in [0.2, 0.25) is 5.44 Å². The maximum absolute atomic E-state index is 10.9. The molecular weight excluding hydrogens is 312 g/mol. The zero-order valence-electron chi connectivity index (χ0n) is 13.1. The molecule has 23 heavy (non-hydrogen) atoms. The molecule has 6 heteroatoms. The van der Waals surface area contributed by atoms with Crippen molar-refractivity contribution in [3.8, 4) is 5.75 Å². The van der Waals surface area contributed by atoms with E-state index >= 15 is 0 Å². The lowest BCUT2D eigenvalue weighted by Crippen LogP contribution is -2.40. The van der Waals surface area contributed by atoms with Crippen LogP contribution in [0.1, 0.15) is 13.3 Å². The molecule has 0 radical (unpaired) electrons. The summed E-state index contributed by atoms with van der Waals surface area (Å²) in [6.45, 7) is 3.53. The van der Waals surface area contributed by atoms with Crippen LogP contribution in [0, 0.1) is 0 Å². The number of nitrogens with zero attached hydrogens (tertiary/aromatic N) is 1. The van der Waals surface area contributed by atoms with Crippen molar-refractivity contribution in [2.45, 2.75) is 18.8 Å². The Morgan fingerprint density at radius 2 is 1.78 bits per heavy atom. The molecule has 5 nitrogen and oxygen atoms in total. The molecule has 2 aromatic rings. The number of hydrogen-bond donors (Lipinski definition) is 3. The zero-order valence-corrected chi connectivity index (χ0v) is 13.9. The first-order chi connectivity index (χ1) is 11.1. The number of ether oxygens (including phenoxy) is 1. The van der Waals surface area contributed by atoms with E-state index in [0.717, 1.165) is 12.2 Å². The number of nitrogens with one attached hydrogen (secondary N) is 1. The smallest absolute Gasteiger partial charge is 0.207 e. The van der Waals surface area contributed by atoms with E-state index in [-0.39, 0.29) is 0 Å². The van der Waals surface area contributed by atoms with Gasteiger partial charge in [0.05, 0.1) is 5.69 Å². The summed E-state index contributed by atoms with van der Waals surface area (Å²) < 4.78 is 29.3. The molecule has 0 fully saturated rings. The lowest BCUT2D eigenvalue weighted by atomic mass is 10.2. The fourth-order valence-corrected chi connectivity index (χ4v) is 4.44. The topological polar surface area (TPSA) is 65.0 Å². The minimum atomic E-state index is -3.14. The van der Waals surface area contributed by atoms with Crippen molar-refractivity contribution >= 4 is 22.2 Å². The third-order valence-electron chi connectivity index (χ3n) is 3.76. The summed E-state index contributed by atoms with van der Waals surface area (Å²) in [7, 11) is -3.14. The van der Waals surface area contributed by atoms with Gasteiger partial charge in [0.1, 0.15) is 11.4 Å². The predicted molar refractivity (Wildman–Crippen MR) is 95.4 cm³/mol. The number of para-hydroxylation sites is 3. The lowest BCUT2D eigenvalue weighted by molar-refractivity contribution is 0.238. The molecule has 1 atom stereocenters. The lowest BCUT2D eigenvalue weighted by Gasteiger charge is -2.51. The van der Waals surface area contributed by atoms with Gasteiger partial charge in [-0.05, 0) is 30.8 Å². The second-order valence-corrected chi connectivity index (χ2v) is 7.36. The summed E-state index contributed by atoms with van der Waals surface area (Å²) >= 11 is 0. The Morgan fingerprint density at radius 3 is 2.52 bits per heavy atom. The van der Waals surface area contributed by atoms with Gasteiger partial charge in [0, 0.05) is 13.0 Å². The normalized spacial score (nSPS) is 20.5. The van der Waals surface area contributed by atoms with Crippen LogP contribution in [0.4, 0.5) is 11.4 Å². The van der Waals surface area contributed by atoms with Gasteiger partial charge in [0.25, 0.3) is 0 Å². The van der Waals surface area contributed by atoms with Crippen molar-refractivity contribution in [1.82, 2.24) is 5.32 Å². The van der Waals surface area contributed by atoms with Crippen molar-refractivity contribution < 1.29 is 13.8 Å². The average molecular weight is 334 g/mol. The van der Waals surface area contributed by atoms with Gasteiger partial charge >= 0.3 is 0 Å². The third-order valence-corrected chi connectivity index (χ3v) is 5.74. The minimum Gasteiger partial charge on any atom is -0.466 e. The average Bonchev–Trinajstić information content (AvgIpc) is 2.56. The van der Waals surface area contributed by atoms with Crippen molar-refractivity contribution in [3.05, 3.63) is 54.6 Å². The maximum atomic E-state index is 10.9. The fraction of sp³-hybridized carbons (Fsp3) is 0.294. The first kappa shape index (κ1) is 16.1. The Labute approximate surface area is 138 Å². The number of rotatable bonds is 5. The molecule has 1 heterocycles. The number of fused-ring (bicyclic) bond motifs is 1. The predicted octanol–water partition coefficient (Wildman–Crippen LogP) is 4.21. The summed E-state index contributed by atoms with van der Waals surface area (Å²) in [5, 5.41) is 3.20. The number of hydrogen-bond acceptors (Lipinski definition) is 5. The van der Waals surface area contributed by atoms with Crippen molar-refractivity contribution in [2.24, 2.45) is 0 Å². The molecule has 0 saturated heterocycles. The Morgan fingerprint density at radius 1 is 1.09 bits per heavy atom. The molecule has 3 rings (SSSR count). The van der Waals surface area contributed by atoms with E-state index in [1.54, 1.807) is 4.31 Å². The summed E-state index contributed by atoms with van der Waals surface area (Å²) in [5.41, 5.74) is 0.756. The first-order valence-electron chi connectivity index (χ1n) is 7.73. The number of anilines is 2. The van der Waals surface area contributed by atoms with E-state index in [0.29, 0.717) is 24.4 Å². The molecule has 1 aliphatic heterocycles. The van der Waals surface area contributed by atoms with Crippen LogP contribution in [0.15, 0.2) is 54.6 Å². The summed E-state index contributed by atoms with van der Waals surface area (Å²) in [6.07, 6.45) is 0.522. The summed E-state index contributed by atoms with van der Waals surface area (Å²) in [5.74, 6) is 0.670. The van der Waals surface area contributed by atoms with E-state index < -0.39 is 16.2 Å². The fourth-order valence-electron chi connectivity index (χ4n) is 2.66. The van der Waals surface area contributed by atoms with Gasteiger partial charge in [-0.3, -0.25) is 9.11 Å². The molecule has 124 valence electrons. The van der Waals surface area contributed by atoms with Crippen LogP contribution in [0.2, 0.25) is 0 Å². The molecular formula is C17H22N2O3S. The SMILES string of the molecule is CCNCCC1Oc2ccccc2N(c2ccccc2)S1(O)O. The summed E-state index contributed by atoms with van der Waals surface area (Å²) in [4.78, 5) is 0. The quantitative estimate of drug-likeness (QED) is 0.715. The van der Waals surface area contributed by atoms with E-state index in [2.05, 4.69) is 5.32 Å². The molecule has 0 bridgehead atoms. The highest BCUT2D eigenvalue weighted by Crippen LogP contribution is 2.61. The summed E-state index contributed by atoms with van der Waals surface area (Å²) in [6, 6.07) is 16.9. The van der Waals surface area contributed by atoms with E-state index in [1.807, 2.05) is 61.5 Å². The maximum Gasteiger partial charge on any atom is 0.207 e. The van der Waals surface area contributed by atoms with Crippen LogP contribution in [-0.2, 0) is 0 Å². The van der Waals surface area contributed by atoms with Gasteiger partial charge < -0.3 is 10.1 Å². The molecule has 0 saturated carbocycles. The second kappa shape index (κ2) is 6.80. The Kier molecular flexibility index (Phi) is 4.77. The Balaban J connectivity index is 2.00. The van der Waals surface area contributed by atoms with Crippen LogP contribution >= 0.6 is 10.8 Å².